The molecule has 3 rings (SSSR count). The number of hydrogen-bond donors (Lipinski definition) is 1. The zero-order valence-electron chi connectivity index (χ0n) is 11.2. The van der Waals surface area contributed by atoms with Gasteiger partial charge in [-0.15, -0.1) is 0 Å². The molecule has 0 aromatic carbocycles. The van der Waals surface area contributed by atoms with Crippen molar-refractivity contribution in [1.29, 1.82) is 0 Å². The number of piperidine rings is 1. The lowest BCUT2D eigenvalue weighted by atomic mass is 9.93. The van der Waals surface area contributed by atoms with E-state index in [2.05, 4.69) is 17.1 Å². The maximum Gasteiger partial charge on any atom is 0.152 e. The molecule has 0 saturated carbocycles. The Bertz CT molecular complexity index is 423. The summed E-state index contributed by atoms with van der Waals surface area (Å²) in [4.78, 5) is 2.60. The average molecular weight is 272 g/mol. The molecule has 0 radical (unpaired) electrons. The summed E-state index contributed by atoms with van der Waals surface area (Å²) in [6.07, 6.45) is 5.82. The fourth-order valence-electron chi connectivity index (χ4n) is 3.97. The van der Waals surface area contributed by atoms with Crippen LogP contribution in [0.25, 0.3) is 0 Å². The summed E-state index contributed by atoms with van der Waals surface area (Å²) in [5.74, 6) is 0.684. The van der Waals surface area contributed by atoms with Crippen molar-refractivity contribution in [3.63, 3.8) is 0 Å². The van der Waals surface area contributed by atoms with Crippen molar-refractivity contribution >= 4 is 9.84 Å². The summed E-state index contributed by atoms with van der Waals surface area (Å²) in [6, 6.07) is 1.26. The van der Waals surface area contributed by atoms with E-state index in [4.69, 9.17) is 0 Å². The van der Waals surface area contributed by atoms with Crippen LogP contribution in [-0.4, -0.2) is 55.5 Å². The molecule has 3 atom stereocenters. The summed E-state index contributed by atoms with van der Waals surface area (Å²) in [7, 11) is -2.80. The van der Waals surface area contributed by atoms with Gasteiger partial charge in [-0.05, 0) is 52.1 Å². The molecule has 0 amide bonds. The predicted octanol–water partition coefficient (Wildman–Crippen LogP) is 0.780. The number of nitrogens with zero attached hydrogens (tertiary/aromatic N) is 1. The number of hydrogen-bond acceptors (Lipinski definition) is 4. The summed E-state index contributed by atoms with van der Waals surface area (Å²) in [6.45, 7) is 4.53. The maximum absolute atomic E-state index is 11.6. The highest BCUT2D eigenvalue weighted by Crippen LogP contribution is 2.30. The normalized spacial score (nSPS) is 44.1. The molecule has 0 aromatic rings. The van der Waals surface area contributed by atoms with Crippen LogP contribution in [0.2, 0.25) is 0 Å². The Hall–Kier alpha value is -0.130. The Morgan fingerprint density at radius 1 is 1.28 bits per heavy atom. The monoisotopic (exact) mass is 272 g/mol. The van der Waals surface area contributed by atoms with E-state index < -0.39 is 9.84 Å². The highest BCUT2D eigenvalue weighted by molar-refractivity contribution is 7.91. The molecule has 3 heterocycles. The molecule has 4 nitrogen and oxygen atoms in total. The molecule has 18 heavy (non-hydrogen) atoms. The molecule has 0 aromatic heterocycles. The van der Waals surface area contributed by atoms with E-state index in [9.17, 15) is 8.42 Å². The zero-order chi connectivity index (χ0) is 12.8. The lowest BCUT2D eigenvalue weighted by Crippen LogP contribution is -2.54. The molecule has 3 fully saturated rings. The van der Waals surface area contributed by atoms with Gasteiger partial charge in [0.2, 0.25) is 0 Å². The van der Waals surface area contributed by atoms with Gasteiger partial charge in [-0.1, -0.05) is 0 Å². The molecule has 3 unspecified atom stereocenters. The van der Waals surface area contributed by atoms with Crippen molar-refractivity contribution in [2.45, 2.75) is 56.7 Å². The quantitative estimate of drug-likeness (QED) is 0.807. The second-order valence-corrected chi connectivity index (χ2v) is 8.78. The van der Waals surface area contributed by atoms with Crippen molar-refractivity contribution in [3.05, 3.63) is 0 Å². The first-order valence-electron chi connectivity index (χ1n) is 7.18. The van der Waals surface area contributed by atoms with Crippen LogP contribution in [0.4, 0.5) is 0 Å². The molecule has 104 valence electrons. The predicted molar refractivity (Wildman–Crippen MR) is 72.4 cm³/mol. The van der Waals surface area contributed by atoms with E-state index in [1.165, 1.54) is 38.8 Å². The van der Waals surface area contributed by atoms with E-state index in [0.29, 0.717) is 17.5 Å². The van der Waals surface area contributed by atoms with Crippen molar-refractivity contribution in [2.24, 2.45) is 0 Å². The van der Waals surface area contributed by atoms with Crippen LogP contribution < -0.4 is 5.32 Å². The number of rotatable bonds is 2. The van der Waals surface area contributed by atoms with Gasteiger partial charge in [-0.2, -0.15) is 0 Å². The lowest BCUT2D eigenvalue weighted by Gasteiger charge is -2.39. The van der Waals surface area contributed by atoms with Crippen LogP contribution in [0.5, 0.6) is 0 Å². The van der Waals surface area contributed by atoms with Gasteiger partial charge in [0, 0.05) is 17.6 Å². The van der Waals surface area contributed by atoms with Gasteiger partial charge in [0.25, 0.3) is 0 Å². The smallest absolute Gasteiger partial charge is 0.152 e. The van der Waals surface area contributed by atoms with Crippen LogP contribution in [0.3, 0.4) is 0 Å². The first-order valence-corrected chi connectivity index (χ1v) is 9.00. The molecule has 3 aliphatic rings. The molecule has 3 aliphatic heterocycles. The first-order chi connectivity index (χ1) is 8.46. The summed E-state index contributed by atoms with van der Waals surface area (Å²) >= 11 is 0. The highest BCUT2D eigenvalue weighted by atomic mass is 32.2. The number of fused-ring (bicyclic) bond motifs is 1. The Morgan fingerprint density at radius 3 is 2.83 bits per heavy atom. The molecule has 3 saturated heterocycles. The minimum absolute atomic E-state index is 0.176. The van der Waals surface area contributed by atoms with Crippen molar-refractivity contribution in [3.8, 4) is 0 Å². The Kier molecular flexibility index (Phi) is 3.19. The third-order valence-corrected chi connectivity index (χ3v) is 6.78. The molecular weight excluding hydrogens is 248 g/mol. The van der Waals surface area contributed by atoms with Gasteiger partial charge in [-0.3, -0.25) is 0 Å². The highest BCUT2D eigenvalue weighted by Gasteiger charge is 2.41. The molecule has 1 N–H and O–H groups in total. The van der Waals surface area contributed by atoms with E-state index in [0.717, 1.165) is 12.5 Å². The van der Waals surface area contributed by atoms with Gasteiger partial charge in [0.05, 0.1) is 11.5 Å². The average Bonchev–Trinajstić information content (AvgIpc) is 2.82. The topological polar surface area (TPSA) is 49.4 Å². The standard InChI is InChI=1S/C13H24N2O2S/c1-13(5-8-18(16,17)10-13)14-11-4-7-15-6-2-3-12(15)9-11/h11-12,14H,2-10H2,1H3. The molecule has 0 bridgehead atoms. The lowest BCUT2D eigenvalue weighted by molar-refractivity contribution is 0.151. The molecule has 5 heteroatoms. The van der Waals surface area contributed by atoms with Crippen LogP contribution in [0, 0.1) is 0 Å². The maximum atomic E-state index is 11.6. The minimum atomic E-state index is -2.80. The van der Waals surface area contributed by atoms with Crippen molar-refractivity contribution in [1.82, 2.24) is 10.2 Å². The SMILES string of the molecule is CC1(NC2CCN3CCCC3C2)CCS(=O)(=O)C1. The molecular formula is C13H24N2O2S. The van der Waals surface area contributed by atoms with Crippen LogP contribution in [0.15, 0.2) is 0 Å². The molecule has 0 spiro atoms. The van der Waals surface area contributed by atoms with Gasteiger partial charge < -0.3 is 10.2 Å². The Balaban J connectivity index is 1.60. The number of sulfone groups is 1. The third-order valence-electron chi connectivity index (χ3n) is 4.88. The van der Waals surface area contributed by atoms with Crippen LogP contribution in [0.1, 0.15) is 39.0 Å². The van der Waals surface area contributed by atoms with Gasteiger partial charge in [-0.25, -0.2) is 8.42 Å². The number of nitrogens with one attached hydrogen (secondary N) is 1. The van der Waals surface area contributed by atoms with E-state index in [-0.39, 0.29) is 5.54 Å². The van der Waals surface area contributed by atoms with E-state index >= 15 is 0 Å². The van der Waals surface area contributed by atoms with Gasteiger partial charge >= 0.3 is 0 Å². The van der Waals surface area contributed by atoms with Crippen molar-refractivity contribution in [2.75, 3.05) is 24.6 Å². The second-order valence-electron chi connectivity index (χ2n) is 6.60. The van der Waals surface area contributed by atoms with Gasteiger partial charge in [0.15, 0.2) is 9.84 Å². The third kappa shape index (κ3) is 2.58. The summed E-state index contributed by atoms with van der Waals surface area (Å²) in [5, 5.41) is 3.66. The Morgan fingerprint density at radius 2 is 2.11 bits per heavy atom. The zero-order valence-corrected chi connectivity index (χ0v) is 12.0. The fraction of sp³-hybridized carbons (Fsp3) is 1.00. The van der Waals surface area contributed by atoms with E-state index in [1.807, 2.05) is 0 Å². The van der Waals surface area contributed by atoms with E-state index in [1.54, 1.807) is 0 Å². The summed E-state index contributed by atoms with van der Waals surface area (Å²) in [5.41, 5.74) is -0.176. The Labute approximate surface area is 110 Å². The first kappa shape index (κ1) is 12.9. The fourth-order valence-corrected chi connectivity index (χ4v) is 6.08. The van der Waals surface area contributed by atoms with Crippen molar-refractivity contribution < 1.29 is 8.42 Å². The minimum Gasteiger partial charge on any atom is -0.308 e. The van der Waals surface area contributed by atoms with Gasteiger partial charge in [0.1, 0.15) is 0 Å². The summed E-state index contributed by atoms with van der Waals surface area (Å²) < 4.78 is 23.2. The van der Waals surface area contributed by atoms with Crippen LogP contribution >= 0.6 is 0 Å². The second kappa shape index (κ2) is 4.46. The van der Waals surface area contributed by atoms with Crippen LogP contribution in [-0.2, 0) is 9.84 Å². The largest absolute Gasteiger partial charge is 0.308 e. The molecule has 0 aliphatic carbocycles.